The van der Waals surface area contributed by atoms with Crippen LogP contribution in [0.5, 0.6) is 0 Å². The van der Waals surface area contributed by atoms with Crippen molar-refractivity contribution in [2.75, 3.05) is 12.4 Å². The smallest absolute Gasteiger partial charge is 0.351 e. The van der Waals surface area contributed by atoms with Gasteiger partial charge >= 0.3 is 5.69 Å². The molecule has 30 heavy (non-hydrogen) atoms. The highest BCUT2D eigenvalue weighted by molar-refractivity contribution is 8.00. The number of nitrogens with zero attached hydrogens (tertiary/aromatic N) is 2. The highest BCUT2D eigenvalue weighted by atomic mass is 35.5. The maximum absolute atomic E-state index is 13.8. The van der Waals surface area contributed by atoms with Crippen LogP contribution in [0.4, 0.5) is 4.39 Å². The third kappa shape index (κ3) is 4.38. The first-order valence-corrected chi connectivity index (χ1v) is 13.3. The SMILES string of the molecule is C[Si](OC[C@H]1O[C@@H](n2cc(F)c(Cl)nc2=O)CS1)(c1ccccc1)c1ccccc1. The Morgan fingerprint density at radius 1 is 1.20 bits per heavy atom. The van der Waals surface area contributed by atoms with Crippen LogP contribution in [0.1, 0.15) is 6.23 Å². The molecule has 1 saturated heterocycles. The molecule has 0 amide bonds. The van der Waals surface area contributed by atoms with Crippen LogP contribution in [0.15, 0.2) is 71.7 Å². The van der Waals surface area contributed by atoms with Crippen molar-refractivity contribution in [3.05, 3.63) is 88.3 Å². The Labute approximate surface area is 183 Å². The molecule has 2 heterocycles. The standard InChI is InChI=1S/C21H20ClFN2O3SSi/c1-30(15-8-4-2-5-9-15,16-10-6-3-7-11-16)27-13-19-28-18(14-29-19)25-12-17(23)20(22)24-21(25)26/h2-12,18-19H,13-14H2,1H3/t18-,19+/m1/s1. The Hall–Kier alpha value is -1.97. The molecule has 1 aliphatic rings. The monoisotopic (exact) mass is 462 g/mol. The van der Waals surface area contributed by atoms with Crippen molar-refractivity contribution in [3.63, 3.8) is 0 Å². The number of aromatic nitrogens is 2. The average Bonchev–Trinajstić information content (AvgIpc) is 3.24. The van der Waals surface area contributed by atoms with E-state index in [1.807, 2.05) is 36.4 Å². The minimum atomic E-state index is -2.45. The number of hydrogen-bond donors (Lipinski definition) is 0. The number of rotatable bonds is 6. The predicted molar refractivity (Wildman–Crippen MR) is 120 cm³/mol. The van der Waals surface area contributed by atoms with Gasteiger partial charge < -0.3 is 9.16 Å². The van der Waals surface area contributed by atoms with Crippen LogP contribution in [0, 0.1) is 5.82 Å². The fourth-order valence-corrected chi connectivity index (χ4v) is 7.43. The van der Waals surface area contributed by atoms with Gasteiger partial charge in [-0.05, 0) is 16.9 Å². The van der Waals surface area contributed by atoms with E-state index in [0.29, 0.717) is 12.4 Å². The molecule has 9 heteroatoms. The zero-order chi connectivity index (χ0) is 21.1. The summed E-state index contributed by atoms with van der Waals surface area (Å²) >= 11 is 7.10. The van der Waals surface area contributed by atoms with Gasteiger partial charge in [-0.1, -0.05) is 72.3 Å². The van der Waals surface area contributed by atoms with Gasteiger partial charge in [0.15, 0.2) is 11.0 Å². The van der Waals surface area contributed by atoms with Gasteiger partial charge in [-0.25, -0.2) is 9.18 Å². The number of thioether (sulfide) groups is 1. The van der Waals surface area contributed by atoms with E-state index in [-0.39, 0.29) is 5.44 Å². The van der Waals surface area contributed by atoms with E-state index in [4.69, 9.17) is 20.8 Å². The van der Waals surface area contributed by atoms with Crippen LogP contribution in [-0.2, 0) is 9.16 Å². The lowest BCUT2D eigenvalue weighted by Crippen LogP contribution is -2.59. The van der Waals surface area contributed by atoms with E-state index in [1.54, 1.807) is 0 Å². The van der Waals surface area contributed by atoms with E-state index in [0.717, 1.165) is 21.1 Å². The minimum absolute atomic E-state index is 0.278. The van der Waals surface area contributed by atoms with E-state index in [2.05, 4.69) is 35.8 Å². The summed E-state index contributed by atoms with van der Waals surface area (Å²) in [6.45, 7) is 2.52. The molecule has 3 aromatic rings. The van der Waals surface area contributed by atoms with Crippen molar-refractivity contribution < 1.29 is 13.6 Å². The van der Waals surface area contributed by atoms with Crippen molar-refractivity contribution >= 4 is 42.1 Å². The van der Waals surface area contributed by atoms with Gasteiger partial charge in [0.25, 0.3) is 8.32 Å². The molecule has 0 bridgehead atoms. The molecule has 0 saturated carbocycles. The Morgan fingerprint density at radius 2 is 1.80 bits per heavy atom. The van der Waals surface area contributed by atoms with Crippen LogP contribution in [0.2, 0.25) is 11.7 Å². The van der Waals surface area contributed by atoms with E-state index >= 15 is 0 Å². The largest absolute Gasteiger partial charge is 0.405 e. The van der Waals surface area contributed by atoms with Crippen LogP contribution in [-0.4, -0.2) is 35.7 Å². The maximum atomic E-state index is 13.8. The molecule has 2 aromatic carbocycles. The summed E-state index contributed by atoms with van der Waals surface area (Å²) in [6.07, 6.45) is 0.426. The molecule has 4 rings (SSSR count). The van der Waals surface area contributed by atoms with E-state index in [9.17, 15) is 9.18 Å². The number of ether oxygens (including phenoxy) is 1. The van der Waals surface area contributed by atoms with E-state index < -0.39 is 31.2 Å². The lowest BCUT2D eigenvalue weighted by atomic mass is 10.4. The highest BCUT2D eigenvalue weighted by Crippen LogP contribution is 2.32. The zero-order valence-electron chi connectivity index (χ0n) is 16.2. The summed E-state index contributed by atoms with van der Waals surface area (Å²) in [7, 11) is -2.45. The summed E-state index contributed by atoms with van der Waals surface area (Å²) < 4.78 is 27.4. The molecule has 0 radical (unpaired) electrons. The molecule has 0 aliphatic carbocycles. The Morgan fingerprint density at radius 3 is 2.40 bits per heavy atom. The number of hydrogen-bond acceptors (Lipinski definition) is 5. The molecule has 5 nitrogen and oxygen atoms in total. The molecular weight excluding hydrogens is 443 g/mol. The van der Waals surface area contributed by atoms with Crippen LogP contribution < -0.4 is 16.1 Å². The molecule has 0 N–H and O–H groups in total. The molecule has 1 fully saturated rings. The van der Waals surface area contributed by atoms with Gasteiger partial charge in [0.05, 0.1) is 12.8 Å². The van der Waals surface area contributed by atoms with Gasteiger partial charge in [-0.3, -0.25) is 4.57 Å². The Bertz CT molecular complexity index is 1030. The molecule has 1 aromatic heterocycles. The molecular formula is C21H20ClFN2O3SSi. The first-order chi connectivity index (χ1) is 14.5. The lowest BCUT2D eigenvalue weighted by Gasteiger charge is -2.29. The average molecular weight is 463 g/mol. The highest BCUT2D eigenvalue weighted by Gasteiger charge is 2.37. The summed E-state index contributed by atoms with van der Waals surface area (Å²) in [4.78, 5) is 15.6. The Kier molecular flexibility index (Phi) is 6.40. The van der Waals surface area contributed by atoms with Crippen molar-refractivity contribution in [2.24, 2.45) is 0 Å². The second kappa shape index (κ2) is 9.03. The molecule has 156 valence electrons. The Balaban J connectivity index is 1.50. The number of halogens is 2. The minimum Gasteiger partial charge on any atom is -0.405 e. The van der Waals surface area contributed by atoms with Gasteiger partial charge in [0.1, 0.15) is 11.7 Å². The zero-order valence-corrected chi connectivity index (χ0v) is 18.8. The first kappa shape index (κ1) is 21.3. The summed E-state index contributed by atoms with van der Waals surface area (Å²) in [5.41, 5.74) is -0.916. The fraction of sp³-hybridized carbons (Fsp3) is 0.238. The quantitative estimate of drug-likeness (QED) is 0.416. The van der Waals surface area contributed by atoms with E-state index in [1.165, 1.54) is 11.8 Å². The van der Waals surface area contributed by atoms with Crippen LogP contribution in [0.3, 0.4) is 0 Å². The second-order valence-electron chi connectivity index (χ2n) is 7.00. The summed E-state index contributed by atoms with van der Waals surface area (Å²) in [5, 5.41) is 1.89. The maximum Gasteiger partial charge on any atom is 0.351 e. The van der Waals surface area contributed by atoms with Crippen LogP contribution >= 0.6 is 23.4 Å². The first-order valence-electron chi connectivity index (χ1n) is 9.43. The van der Waals surface area contributed by atoms with Crippen molar-refractivity contribution in [2.45, 2.75) is 18.2 Å². The summed E-state index contributed by atoms with van der Waals surface area (Å²) in [5.74, 6) is -0.260. The van der Waals surface area contributed by atoms with Crippen molar-refractivity contribution in [1.29, 1.82) is 0 Å². The van der Waals surface area contributed by atoms with Crippen LogP contribution in [0.25, 0.3) is 0 Å². The third-order valence-corrected chi connectivity index (χ3v) is 10.0. The molecule has 1 aliphatic heterocycles. The van der Waals surface area contributed by atoms with Gasteiger partial charge in [0.2, 0.25) is 0 Å². The molecule has 0 spiro atoms. The topological polar surface area (TPSA) is 53.4 Å². The van der Waals surface area contributed by atoms with Crippen molar-refractivity contribution in [1.82, 2.24) is 9.55 Å². The second-order valence-corrected chi connectivity index (χ2v) is 12.1. The van der Waals surface area contributed by atoms with Gasteiger partial charge in [-0.15, -0.1) is 11.8 Å². The molecule has 0 unspecified atom stereocenters. The fourth-order valence-electron chi connectivity index (χ4n) is 3.39. The molecule has 2 atom stereocenters. The lowest BCUT2D eigenvalue weighted by molar-refractivity contribution is -0.00326. The van der Waals surface area contributed by atoms with Gasteiger partial charge in [-0.2, -0.15) is 4.98 Å². The van der Waals surface area contributed by atoms with Gasteiger partial charge in [0, 0.05) is 5.75 Å². The third-order valence-electron chi connectivity index (χ3n) is 5.07. The number of benzene rings is 2. The van der Waals surface area contributed by atoms with Crippen molar-refractivity contribution in [3.8, 4) is 0 Å². The normalized spacial score (nSPS) is 19.2. The predicted octanol–water partition coefficient (Wildman–Crippen LogP) is 3.03. The summed E-state index contributed by atoms with van der Waals surface area (Å²) in [6, 6.07) is 20.4.